The van der Waals surface area contributed by atoms with E-state index in [-0.39, 0.29) is 5.41 Å². The molecule has 0 saturated heterocycles. The van der Waals surface area contributed by atoms with Crippen molar-refractivity contribution in [1.29, 1.82) is 0 Å². The number of hydrogen-bond acceptors (Lipinski definition) is 1. The Bertz CT molecular complexity index is 494. The first-order valence-corrected chi connectivity index (χ1v) is 9.08. The number of allylic oxidation sites excluding steroid dienone is 1. The molecule has 0 aromatic carbocycles. The molecule has 0 unspecified atom stereocenters. The Hall–Kier alpha value is -0.590. The van der Waals surface area contributed by atoms with E-state index < -0.39 is 0 Å². The SMILES string of the molecule is C=C1C[C@@]23CC[C@H]4[C@@](C)(CCC[C@@]4(C)C=O)[C@H]2CC[C@@H]1C3. The molecule has 4 rings (SSSR count). The van der Waals surface area contributed by atoms with Gasteiger partial charge < -0.3 is 4.79 Å². The molecule has 116 valence electrons. The van der Waals surface area contributed by atoms with Gasteiger partial charge in [-0.15, -0.1) is 0 Å². The largest absolute Gasteiger partial charge is 0.303 e. The molecule has 1 spiro atoms. The molecular formula is C20H30O. The molecule has 4 fully saturated rings. The number of carbonyl (C=O) groups excluding carboxylic acids is 1. The van der Waals surface area contributed by atoms with E-state index in [1.165, 1.54) is 57.7 Å². The second-order valence-corrected chi connectivity index (χ2v) is 9.30. The van der Waals surface area contributed by atoms with Gasteiger partial charge in [0, 0.05) is 5.41 Å². The van der Waals surface area contributed by atoms with Crippen LogP contribution in [0.2, 0.25) is 0 Å². The van der Waals surface area contributed by atoms with Crippen molar-refractivity contribution >= 4 is 6.29 Å². The van der Waals surface area contributed by atoms with Crippen LogP contribution < -0.4 is 0 Å². The number of aldehydes is 1. The van der Waals surface area contributed by atoms with Crippen LogP contribution in [0.25, 0.3) is 0 Å². The van der Waals surface area contributed by atoms with E-state index >= 15 is 0 Å². The summed E-state index contributed by atoms with van der Waals surface area (Å²) in [5.74, 6) is 2.29. The standard InChI is InChI=1S/C20H30O/c1-14-11-20-10-7-16-18(2,13-21)8-4-9-19(16,3)17(20)6-5-15(14)12-20/h13,15-17H,1,4-12H2,2-3H3/t15-,16-,17-,18+,19-,20-/m1/s1. The van der Waals surface area contributed by atoms with Gasteiger partial charge in [0.15, 0.2) is 0 Å². The highest BCUT2D eigenvalue weighted by molar-refractivity contribution is 5.60. The third-order valence-corrected chi connectivity index (χ3v) is 8.37. The van der Waals surface area contributed by atoms with Crippen molar-refractivity contribution in [2.45, 2.75) is 71.6 Å². The Balaban J connectivity index is 1.75. The minimum Gasteiger partial charge on any atom is -0.303 e. The molecule has 0 amide bonds. The third-order valence-electron chi connectivity index (χ3n) is 8.37. The van der Waals surface area contributed by atoms with Crippen LogP contribution in [0.4, 0.5) is 0 Å². The van der Waals surface area contributed by atoms with Gasteiger partial charge in [0.2, 0.25) is 0 Å². The fourth-order valence-electron chi connectivity index (χ4n) is 7.54. The van der Waals surface area contributed by atoms with E-state index in [0.29, 0.717) is 16.7 Å². The normalized spacial score (nSPS) is 55.7. The van der Waals surface area contributed by atoms with Gasteiger partial charge in [-0.25, -0.2) is 0 Å². The molecule has 6 atom stereocenters. The monoisotopic (exact) mass is 286 g/mol. The number of fused-ring (bicyclic) bond motifs is 3. The average molecular weight is 286 g/mol. The van der Waals surface area contributed by atoms with E-state index in [4.69, 9.17) is 0 Å². The Morgan fingerprint density at radius 1 is 1.10 bits per heavy atom. The number of carbonyl (C=O) groups is 1. The minimum atomic E-state index is -0.0545. The van der Waals surface area contributed by atoms with Crippen molar-refractivity contribution in [3.63, 3.8) is 0 Å². The van der Waals surface area contributed by atoms with Gasteiger partial charge in [-0.2, -0.15) is 0 Å². The maximum atomic E-state index is 11.8. The van der Waals surface area contributed by atoms with Crippen LogP contribution in [0.1, 0.15) is 71.6 Å². The fraction of sp³-hybridized carbons (Fsp3) is 0.850. The highest BCUT2D eigenvalue weighted by atomic mass is 16.1. The zero-order valence-corrected chi connectivity index (χ0v) is 13.8. The molecule has 4 aliphatic carbocycles. The second-order valence-electron chi connectivity index (χ2n) is 9.30. The van der Waals surface area contributed by atoms with Crippen molar-refractivity contribution in [3.05, 3.63) is 12.2 Å². The Kier molecular flexibility index (Phi) is 2.83. The Morgan fingerprint density at radius 3 is 2.67 bits per heavy atom. The van der Waals surface area contributed by atoms with E-state index in [2.05, 4.69) is 20.4 Å². The Morgan fingerprint density at radius 2 is 1.90 bits per heavy atom. The van der Waals surface area contributed by atoms with Gasteiger partial charge in [-0.05, 0) is 80.0 Å². The molecule has 4 aliphatic rings. The summed E-state index contributed by atoms with van der Waals surface area (Å²) in [4.78, 5) is 11.8. The lowest BCUT2D eigenvalue weighted by Crippen LogP contribution is -2.56. The average Bonchev–Trinajstić information content (AvgIpc) is 2.68. The summed E-state index contributed by atoms with van der Waals surface area (Å²) in [6, 6.07) is 0. The van der Waals surface area contributed by atoms with Crippen molar-refractivity contribution in [2.24, 2.45) is 34.0 Å². The third kappa shape index (κ3) is 1.67. The van der Waals surface area contributed by atoms with E-state index in [1.54, 1.807) is 5.57 Å². The number of hydrogen-bond donors (Lipinski definition) is 0. The lowest BCUT2D eigenvalue weighted by atomic mass is 9.41. The molecule has 1 heteroatoms. The lowest BCUT2D eigenvalue weighted by Gasteiger charge is -2.63. The molecule has 4 saturated carbocycles. The van der Waals surface area contributed by atoms with Crippen molar-refractivity contribution in [1.82, 2.24) is 0 Å². The first-order valence-electron chi connectivity index (χ1n) is 9.08. The number of rotatable bonds is 1. The summed E-state index contributed by atoms with van der Waals surface area (Å²) < 4.78 is 0. The zero-order chi connectivity index (χ0) is 14.9. The molecule has 0 aromatic rings. The van der Waals surface area contributed by atoms with Crippen LogP contribution in [0.3, 0.4) is 0 Å². The maximum absolute atomic E-state index is 11.8. The van der Waals surface area contributed by atoms with Gasteiger partial charge in [-0.3, -0.25) is 0 Å². The van der Waals surface area contributed by atoms with Gasteiger partial charge in [-0.1, -0.05) is 32.4 Å². The van der Waals surface area contributed by atoms with Crippen molar-refractivity contribution < 1.29 is 4.79 Å². The topological polar surface area (TPSA) is 17.1 Å². The van der Waals surface area contributed by atoms with Crippen molar-refractivity contribution in [3.8, 4) is 0 Å². The minimum absolute atomic E-state index is 0.0545. The van der Waals surface area contributed by atoms with Gasteiger partial charge in [0.25, 0.3) is 0 Å². The second kappa shape index (κ2) is 4.24. The molecule has 0 heterocycles. The molecule has 2 bridgehead atoms. The molecule has 0 N–H and O–H groups in total. The summed E-state index contributed by atoms with van der Waals surface area (Å²) >= 11 is 0. The highest BCUT2D eigenvalue weighted by Crippen LogP contribution is 2.71. The lowest BCUT2D eigenvalue weighted by molar-refractivity contribution is -0.157. The molecule has 21 heavy (non-hydrogen) atoms. The predicted octanol–water partition coefficient (Wildman–Crippen LogP) is 5.15. The molecule has 1 nitrogen and oxygen atoms in total. The zero-order valence-electron chi connectivity index (χ0n) is 13.8. The summed E-state index contributed by atoms with van der Waals surface area (Å²) in [7, 11) is 0. The van der Waals surface area contributed by atoms with E-state index in [1.807, 2.05) is 0 Å². The summed E-state index contributed by atoms with van der Waals surface area (Å²) in [5.41, 5.74) is 2.46. The van der Waals surface area contributed by atoms with Crippen LogP contribution in [0, 0.1) is 34.0 Å². The molecule has 0 aromatic heterocycles. The molecule has 0 radical (unpaired) electrons. The predicted molar refractivity (Wildman–Crippen MR) is 85.9 cm³/mol. The first-order chi connectivity index (χ1) is 9.94. The van der Waals surface area contributed by atoms with Crippen LogP contribution in [0.5, 0.6) is 0 Å². The van der Waals surface area contributed by atoms with Crippen molar-refractivity contribution in [2.75, 3.05) is 0 Å². The molecular weight excluding hydrogens is 256 g/mol. The molecule has 0 aliphatic heterocycles. The maximum Gasteiger partial charge on any atom is 0.126 e. The summed E-state index contributed by atoms with van der Waals surface area (Å²) in [6.45, 7) is 9.19. The highest BCUT2D eigenvalue weighted by Gasteiger charge is 2.63. The van der Waals surface area contributed by atoms with Crippen LogP contribution >= 0.6 is 0 Å². The first kappa shape index (κ1) is 14.0. The van der Waals surface area contributed by atoms with E-state index in [0.717, 1.165) is 18.3 Å². The van der Waals surface area contributed by atoms with Gasteiger partial charge in [0.05, 0.1) is 0 Å². The quantitative estimate of drug-likeness (QED) is 0.481. The van der Waals surface area contributed by atoms with Gasteiger partial charge in [0.1, 0.15) is 6.29 Å². The summed E-state index contributed by atoms with van der Waals surface area (Å²) in [5, 5.41) is 0. The Labute approximate surface area is 129 Å². The summed E-state index contributed by atoms with van der Waals surface area (Å²) in [6.07, 6.45) is 13.1. The van der Waals surface area contributed by atoms with Crippen LogP contribution in [-0.4, -0.2) is 6.29 Å². The van der Waals surface area contributed by atoms with Gasteiger partial charge >= 0.3 is 0 Å². The smallest absolute Gasteiger partial charge is 0.126 e. The van der Waals surface area contributed by atoms with Crippen LogP contribution in [-0.2, 0) is 4.79 Å². The fourth-order valence-corrected chi connectivity index (χ4v) is 7.54. The van der Waals surface area contributed by atoms with Crippen LogP contribution in [0.15, 0.2) is 12.2 Å². The van der Waals surface area contributed by atoms with E-state index in [9.17, 15) is 4.79 Å².